The summed E-state index contributed by atoms with van der Waals surface area (Å²) in [5.41, 5.74) is 2.37. The number of carbonyl (C=O) groups excluding carboxylic acids is 2. The fourth-order valence-electron chi connectivity index (χ4n) is 3.23. The molecular formula is C18H17N3O4S. The van der Waals surface area contributed by atoms with Crippen LogP contribution in [0.3, 0.4) is 0 Å². The van der Waals surface area contributed by atoms with E-state index in [-0.39, 0.29) is 29.7 Å². The highest BCUT2D eigenvalue weighted by atomic mass is 32.2. The van der Waals surface area contributed by atoms with E-state index in [4.69, 9.17) is 0 Å². The number of rotatable bonds is 2. The molecule has 8 heteroatoms. The lowest BCUT2D eigenvalue weighted by Gasteiger charge is -2.25. The number of nitrogens with one attached hydrogen (secondary N) is 2. The van der Waals surface area contributed by atoms with Crippen LogP contribution in [0.15, 0.2) is 47.4 Å². The topological polar surface area (TPSA) is 95.6 Å². The molecule has 7 nitrogen and oxygen atoms in total. The summed E-state index contributed by atoms with van der Waals surface area (Å²) < 4.78 is 27.8. The van der Waals surface area contributed by atoms with Crippen LogP contribution in [0.1, 0.15) is 18.4 Å². The number of carbonyl (C=O) groups is 2. The van der Waals surface area contributed by atoms with E-state index in [1.54, 1.807) is 36.4 Å². The van der Waals surface area contributed by atoms with Gasteiger partial charge in [0.25, 0.3) is 10.0 Å². The van der Waals surface area contributed by atoms with Crippen LogP contribution in [-0.4, -0.2) is 26.8 Å². The molecule has 0 saturated heterocycles. The Morgan fingerprint density at radius 2 is 1.58 bits per heavy atom. The number of sulfonamides is 1. The van der Waals surface area contributed by atoms with Gasteiger partial charge in [-0.2, -0.15) is 0 Å². The summed E-state index contributed by atoms with van der Waals surface area (Å²) >= 11 is 0. The largest absolute Gasteiger partial charge is 0.326 e. The number of nitrogens with zero attached hydrogens (tertiary/aromatic N) is 1. The van der Waals surface area contributed by atoms with Gasteiger partial charge in [0.15, 0.2) is 0 Å². The van der Waals surface area contributed by atoms with Gasteiger partial charge >= 0.3 is 0 Å². The smallest absolute Gasteiger partial charge is 0.264 e. The molecule has 134 valence electrons. The molecule has 2 aromatic rings. The average molecular weight is 371 g/mol. The molecule has 0 saturated carbocycles. The summed E-state index contributed by atoms with van der Waals surface area (Å²) in [6.45, 7) is 0.0685. The second-order valence-corrected chi connectivity index (χ2v) is 8.12. The van der Waals surface area contributed by atoms with Gasteiger partial charge in [0.1, 0.15) is 0 Å². The van der Waals surface area contributed by atoms with E-state index in [2.05, 4.69) is 10.6 Å². The second kappa shape index (κ2) is 6.14. The van der Waals surface area contributed by atoms with E-state index < -0.39 is 10.0 Å². The monoisotopic (exact) mass is 371 g/mol. The minimum atomic E-state index is -3.84. The molecule has 0 aliphatic carbocycles. The van der Waals surface area contributed by atoms with Crippen molar-refractivity contribution in [2.45, 2.75) is 24.2 Å². The standard InChI is InChI=1S/C18H17N3O4S/c22-17-8-5-12-11-13(6-7-14(12)19-17)26(24,25)21-10-9-18(23)20-15-3-1-2-4-16(15)21/h1-4,6-7,11H,5,8-10H2,(H,19,22)(H,20,23). The number of hydrogen-bond acceptors (Lipinski definition) is 4. The highest BCUT2D eigenvalue weighted by Crippen LogP contribution is 2.34. The van der Waals surface area contributed by atoms with Crippen LogP contribution in [0.5, 0.6) is 0 Å². The van der Waals surface area contributed by atoms with Crippen LogP contribution in [0.4, 0.5) is 17.1 Å². The van der Waals surface area contributed by atoms with Crippen molar-refractivity contribution in [1.82, 2.24) is 0 Å². The molecule has 2 aliphatic rings. The van der Waals surface area contributed by atoms with Crippen LogP contribution in [0.2, 0.25) is 0 Å². The van der Waals surface area contributed by atoms with Crippen LogP contribution in [0, 0.1) is 0 Å². The van der Waals surface area contributed by atoms with E-state index in [0.717, 1.165) is 5.56 Å². The van der Waals surface area contributed by atoms with Gasteiger partial charge in [0.2, 0.25) is 11.8 Å². The molecule has 0 spiro atoms. The van der Waals surface area contributed by atoms with Crippen molar-refractivity contribution in [3.05, 3.63) is 48.0 Å². The van der Waals surface area contributed by atoms with Crippen molar-refractivity contribution in [2.24, 2.45) is 0 Å². The van der Waals surface area contributed by atoms with Crippen LogP contribution >= 0.6 is 0 Å². The van der Waals surface area contributed by atoms with Gasteiger partial charge in [-0.15, -0.1) is 0 Å². The Hall–Kier alpha value is -2.87. The van der Waals surface area contributed by atoms with E-state index >= 15 is 0 Å². The summed E-state index contributed by atoms with van der Waals surface area (Å²) in [5, 5.41) is 5.49. The van der Waals surface area contributed by atoms with Crippen molar-refractivity contribution in [2.75, 3.05) is 21.5 Å². The van der Waals surface area contributed by atoms with Crippen LogP contribution < -0.4 is 14.9 Å². The third-order valence-corrected chi connectivity index (χ3v) is 6.36. The molecule has 0 radical (unpaired) electrons. The summed E-state index contributed by atoms with van der Waals surface area (Å²) in [5.74, 6) is -0.289. The third kappa shape index (κ3) is 2.82. The maximum atomic E-state index is 13.3. The lowest BCUT2D eigenvalue weighted by atomic mass is 10.0. The minimum Gasteiger partial charge on any atom is -0.326 e. The average Bonchev–Trinajstić information content (AvgIpc) is 2.79. The zero-order valence-corrected chi connectivity index (χ0v) is 14.7. The summed E-state index contributed by atoms with van der Waals surface area (Å²) in [4.78, 5) is 23.5. The zero-order valence-electron chi connectivity index (χ0n) is 13.9. The van der Waals surface area contributed by atoms with Crippen molar-refractivity contribution in [3.63, 3.8) is 0 Å². The molecule has 0 unspecified atom stereocenters. The lowest BCUT2D eigenvalue weighted by Crippen LogP contribution is -2.32. The predicted molar refractivity (Wildman–Crippen MR) is 97.6 cm³/mol. The quantitative estimate of drug-likeness (QED) is 0.845. The molecule has 26 heavy (non-hydrogen) atoms. The van der Waals surface area contributed by atoms with E-state index in [0.29, 0.717) is 29.9 Å². The van der Waals surface area contributed by atoms with Crippen LogP contribution in [-0.2, 0) is 26.0 Å². The van der Waals surface area contributed by atoms with E-state index in [1.807, 2.05) is 0 Å². The highest BCUT2D eigenvalue weighted by molar-refractivity contribution is 7.92. The third-order valence-electron chi connectivity index (χ3n) is 4.55. The molecule has 2 heterocycles. The predicted octanol–water partition coefficient (Wildman–Crippen LogP) is 2.11. The number of hydrogen-bond donors (Lipinski definition) is 2. The van der Waals surface area contributed by atoms with Gasteiger partial charge in [-0.1, -0.05) is 12.1 Å². The Labute approximate surface area is 151 Å². The SMILES string of the molecule is O=C1CCc2cc(S(=O)(=O)N3CCC(=O)Nc4ccccc43)ccc2N1. The second-order valence-electron chi connectivity index (χ2n) is 6.26. The molecule has 0 fully saturated rings. The maximum Gasteiger partial charge on any atom is 0.264 e. The van der Waals surface area contributed by atoms with Gasteiger partial charge < -0.3 is 10.6 Å². The number of fused-ring (bicyclic) bond motifs is 2. The Morgan fingerprint density at radius 3 is 2.42 bits per heavy atom. The molecule has 0 aromatic heterocycles. The number of aryl methyl sites for hydroxylation is 1. The maximum absolute atomic E-state index is 13.3. The van der Waals surface area contributed by atoms with Crippen molar-refractivity contribution in [1.29, 1.82) is 0 Å². The first kappa shape index (κ1) is 16.6. The molecule has 0 bridgehead atoms. The summed E-state index contributed by atoms with van der Waals surface area (Å²) in [6.07, 6.45) is 0.914. The van der Waals surface area contributed by atoms with E-state index in [1.165, 1.54) is 10.4 Å². The zero-order chi connectivity index (χ0) is 18.3. The molecule has 2 amide bonds. The molecular weight excluding hydrogens is 354 g/mol. The highest BCUT2D eigenvalue weighted by Gasteiger charge is 2.30. The Bertz CT molecular complexity index is 1020. The normalized spacial score (nSPS) is 16.8. The van der Waals surface area contributed by atoms with Gasteiger partial charge in [-0.3, -0.25) is 13.9 Å². The van der Waals surface area contributed by atoms with Gasteiger partial charge in [-0.25, -0.2) is 8.42 Å². The van der Waals surface area contributed by atoms with Gasteiger partial charge in [0.05, 0.1) is 16.3 Å². The Kier molecular flexibility index (Phi) is 3.91. The molecule has 2 aliphatic heterocycles. The van der Waals surface area contributed by atoms with Crippen LogP contribution in [0.25, 0.3) is 0 Å². The Balaban J connectivity index is 1.77. The minimum absolute atomic E-state index is 0.0685. The van der Waals surface area contributed by atoms with Gasteiger partial charge in [-0.05, 0) is 42.3 Å². The number of para-hydroxylation sites is 2. The molecule has 2 aromatic carbocycles. The summed E-state index contributed by atoms with van der Waals surface area (Å²) in [7, 11) is -3.84. The number of benzene rings is 2. The number of amides is 2. The first-order valence-corrected chi connectivity index (χ1v) is 9.73. The lowest BCUT2D eigenvalue weighted by molar-refractivity contribution is -0.117. The Morgan fingerprint density at radius 1 is 0.846 bits per heavy atom. The van der Waals surface area contributed by atoms with Gasteiger partial charge in [0, 0.05) is 25.1 Å². The van der Waals surface area contributed by atoms with Crippen molar-refractivity contribution in [3.8, 4) is 0 Å². The first-order valence-electron chi connectivity index (χ1n) is 8.29. The van der Waals surface area contributed by atoms with E-state index in [9.17, 15) is 18.0 Å². The molecule has 2 N–H and O–H groups in total. The summed E-state index contributed by atoms with van der Waals surface area (Å²) in [6, 6.07) is 11.6. The van der Waals surface area contributed by atoms with Crippen molar-refractivity contribution >= 4 is 38.9 Å². The van der Waals surface area contributed by atoms with Crippen molar-refractivity contribution < 1.29 is 18.0 Å². The molecule has 4 rings (SSSR count). The first-order chi connectivity index (χ1) is 12.4. The fraction of sp³-hybridized carbons (Fsp3) is 0.222. The fourth-order valence-corrected chi connectivity index (χ4v) is 4.77. The number of anilines is 3. The molecule has 0 atom stereocenters.